The summed E-state index contributed by atoms with van der Waals surface area (Å²) in [5.41, 5.74) is 3.73. The summed E-state index contributed by atoms with van der Waals surface area (Å²) in [7, 11) is 3.18. The fourth-order valence-corrected chi connectivity index (χ4v) is 3.94. The first-order valence-electron chi connectivity index (χ1n) is 9.93. The molecule has 30 heavy (non-hydrogen) atoms. The normalized spacial score (nSPS) is 12.3. The molecule has 1 N–H and O–H groups in total. The van der Waals surface area contributed by atoms with Crippen LogP contribution in [0.15, 0.2) is 59.4 Å². The molecule has 0 saturated heterocycles. The Morgan fingerprint density at radius 3 is 2.40 bits per heavy atom. The van der Waals surface area contributed by atoms with Gasteiger partial charge in [0.25, 0.3) is 11.5 Å². The summed E-state index contributed by atoms with van der Waals surface area (Å²) in [6.07, 6.45) is 1.58. The zero-order chi connectivity index (χ0) is 21.1. The number of rotatable bonds is 6. The van der Waals surface area contributed by atoms with Gasteiger partial charge in [-0.2, -0.15) is 0 Å². The Bertz CT molecular complexity index is 1110. The van der Waals surface area contributed by atoms with Gasteiger partial charge in [0, 0.05) is 36.5 Å². The fraction of sp³-hybridized carbons (Fsp3) is 0.250. The van der Waals surface area contributed by atoms with Crippen LogP contribution in [0.2, 0.25) is 0 Å². The molecule has 2 aromatic carbocycles. The van der Waals surface area contributed by atoms with Crippen LogP contribution in [0.4, 0.5) is 0 Å². The first-order chi connectivity index (χ1) is 14.6. The number of hydrogen-bond donors (Lipinski definition) is 1. The van der Waals surface area contributed by atoms with Crippen LogP contribution in [0, 0.1) is 0 Å². The number of carbonyl (C=O) groups is 1. The minimum Gasteiger partial charge on any atom is -0.497 e. The Balaban J connectivity index is 1.69. The van der Waals surface area contributed by atoms with Gasteiger partial charge in [-0.25, -0.2) is 0 Å². The van der Waals surface area contributed by atoms with Crippen molar-refractivity contribution in [3.8, 4) is 22.6 Å². The fourth-order valence-electron chi connectivity index (χ4n) is 3.94. The number of aromatic nitrogens is 1. The molecule has 1 aromatic heterocycles. The van der Waals surface area contributed by atoms with Gasteiger partial charge in [0.2, 0.25) is 0 Å². The quantitative estimate of drug-likeness (QED) is 0.684. The molecular formula is C24H24N2O4. The first-order valence-corrected chi connectivity index (χ1v) is 9.93. The molecule has 6 nitrogen and oxygen atoms in total. The third-order valence-corrected chi connectivity index (χ3v) is 5.39. The number of ether oxygens (including phenoxy) is 2. The standard InChI is InChI=1S/C24H24N2O4/c1-29-18-11-16(12-19(13-18)30-2)15-25-24(28)23-20(17-7-4-3-5-8-17)14-22(27)26-10-6-9-21(23)26/h3-5,7-8,11-14H,6,9-10,15H2,1-2H3,(H,25,28). The van der Waals surface area contributed by atoms with E-state index in [9.17, 15) is 9.59 Å². The Morgan fingerprint density at radius 1 is 1.03 bits per heavy atom. The van der Waals surface area contributed by atoms with E-state index in [0.29, 0.717) is 42.1 Å². The van der Waals surface area contributed by atoms with E-state index in [1.54, 1.807) is 30.9 Å². The van der Waals surface area contributed by atoms with Gasteiger partial charge in [-0.05, 0) is 36.1 Å². The van der Waals surface area contributed by atoms with Crippen molar-refractivity contribution < 1.29 is 14.3 Å². The molecule has 0 bridgehead atoms. The van der Waals surface area contributed by atoms with Crippen molar-refractivity contribution in [2.24, 2.45) is 0 Å². The van der Waals surface area contributed by atoms with E-state index in [1.165, 1.54) is 0 Å². The summed E-state index contributed by atoms with van der Waals surface area (Å²) >= 11 is 0. The smallest absolute Gasteiger partial charge is 0.253 e. The average Bonchev–Trinajstić information content (AvgIpc) is 3.28. The van der Waals surface area contributed by atoms with Crippen LogP contribution >= 0.6 is 0 Å². The van der Waals surface area contributed by atoms with E-state index in [1.807, 2.05) is 42.5 Å². The molecule has 0 radical (unpaired) electrons. The van der Waals surface area contributed by atoms with E-state index < -0.39 is 0 Å². The van der Waals surface area contributed by atoms with Crippen molar-refractivity contribution >= 4 is 5.91 Å². The van der Waals surface area contributed by atoms with Gasteiger partial charge in [-0.3, -0.25) is 9.59 Å². The van der Waals surface area contributed by atoms with Crippen LogP contribution in [0.5, 0.6) is 11.5 Å². The number of carbonyl (C=O) groups excluding carboxylic acids is 1. The summed E-state index contributed by atoms with van der Waals surface area (Å²) in [5, 5.41) is 3.01. The number of methoxy groups -OCH3 is 2. The lowest BCUT2D eigenvalue weighted by molar-refractivity contribution is 0.0950. The lowest BCUT2D eigenvalue weighted by Gasteiger charge is -2.16. The van der Waals surface area contributed by atoms with E-state index in [0.717, 1.165) is 23.2 Å². The molecule has 0 saturated carbocycles. The van der Waals surface area contributed by atoms with Crippen molar-refractivity contribution in [2.45, 2.75) is 25.9 Å². The second-order valence-electron chi connectivity index (χ2n) is 7.24. The van der Waals surface area contributed by atoms with Crippen molar-refractivity contribution in [1.29, 1.82) is 0 Å². The molecule has 1 aliphatic rings. The Kier molecular flexibility index (Phi) is 5.57. The Labute approximate surface area is 175 Å². The third-order valence-electron chi connectivity index (χ3n) is 5.39. The van der Waals surface area contributed by atoms with E-state index in [4.69, 9.17) is 9.47 Å². The minimum absolute atomic E-state index is 0.0598. The maximum absolute atomic E-state index is 13.3. The second kappa shape index (κ2) is 8.45. The van der Waals surface area contributed by atoms with E-state index in [-0.39, 0.29) is 11.5 Å². The van der Waals surface area contributed by atoms with Gasteiger partial charge < -0.3 is 19.4 Å². The molecule has 2 heterocycles. The molecule has 0 spiro atoms. The lowest BCUT2D eigenvalue weighted by atomic mass is 9.97. The van der Waals surface area contributed by atoms with Crippen LogP contribution in [-0.4, -0.2) is 24.7 Å². The highest BCUT2D eigenvalue weighted by Gasteiger charge is 2.25. The SMILES string of the molecule is COc1cc(CNC(=O)c2c(-c3ccccc3)cc(=O)n3c2CCC3)cc(OC)c1. The summed E-state index contributed by atoms with van der Waals surface area (Å²) in [6.45, 7) is 0.968. The minimum atomic E-state index is -0.193. The van der Waals surface area contributed by atoms with Gasteiger partial charge in [0.1, 0.15) is 11.5 Å². The Hall–Kier alpha value is -3.54. The molecule has 1 aliphatic heterocycles. The van der Waals surface area contributed by atoms with Crippen molar-refractivity contribution in [3.05, 3.63) is 81.8 Å². The number of nitrogens with one attached hydrogen (secondary N) is 1. The molecule has 0 aliphatic carbocycles. The monoisotopic (exact) mass is 404 g/mol. The molecule has 3 aromatic rings. The zero-order valence-corrected chi connectivity index (χ0v) is 17.1. The highest BCUT2D eigenvalue weighted by molar-refractivity contribution is 6.02. The predicted molar refractivity (Wildman–Crippen MR) is 115 cm³/mol. The van der Waals surface area contributed by atoms with E-state index in [2.05, 4.69) is 5.32 Å². The largest absolute Gasteiger partial charge is 0.497 e. The molecule has 6 heteroatoms. The van der Waals surface area contributed by atoms with Crippen LogP contribution in [0.1, 0.15) is 28.0 Å². The first kappa shape index (κ1) is 19.8. The summed E-state index contributed by atoms with van der Waals surface area (Å²) < 4.78 is 12.3. The van der Waals surface area contributed by atoms with Crippen LogP contribution in [0.3, 0.4) is 0 Å². The van der Waals surface area contributed by atoms with Gasteiger partial charge in [0.15, 0.2) is 0 Å². The summed E-state index contributed by atoms with van der Waals surface area (Å²) in [4.78, 5) is 25.9. The number of pyridine rings is 1. The van der Waals surface area contributed by atoms with Gasteiger partial charge in [-0.1, -0.05) is 30.3 Å². The van der Waals surface area contributed by atoms with Gasteiger partial charge >= 0.3 is 0 Å². The van der Waals surface area contributed by atoms with Crippen molar-refractivity contribution in [1.82, 2.24) is 9.88 Å². The highest BCUT2D eigenvalue weighted by atomic mass is 16.5. The van der Waals surface area contributed by atoms with Crippen molar-refractivity contribution in [3.63, 3.8) is 0 Å². The number of amides is 1. The summed E-state index contributed by atoms with van der Waals surface area (Å²) in [6, 6.07) is 16.7. The molecule has 154 valence electrons. The lowest BCUT2D eigenvalue weighted by Crippen LogP contribution is -2.29. The number of hydrogen-bond acceptors (Lipinski definition) is 4. The second-order valence-corrected chi connectivity index (χ2v) is 7.24. The Morgan fingerprint density at radius 2 is 1.73 bits per heavy atom. The van der Waals surface area contributed by atoms with Gasteiger partial charge in [-0.15, -0.1) is 0 Å². The maximum atomic E-state index is 13.3. The number of benzene rings is 2. The predicted octanol–water partition coefficient (Wildman–Crippen LogP) is 3.41. The maximum Gasteiger partial charge on any atom is 0.253 e. The van der Waals surface area contributed by atoms with Crippen LogP contribution in [0.25, 0.3) is 11.1 Å². The molecule has 0 unspecified atom stereocenters. The molecule has 0 fully saturated rings. The van der Waals surface area contributed by atoms with Crippen LogP contribution < -0.4 is 20.3 Å². The van der Waals surface area contributed by atoms with Crippen LogP contribution in [-0.2, 0) is 19.5 Å². The molecular weight excluding hydrogens is 380 g/mol. The summed E-state index contributed by atoms with van der Waals surface area (Å²) in [5.74, 6) is 1.13. The molecule has 4 rings (SSSR count). The zero-order valence-electron chi connectivity index (χ0n) is 17.1. The topological polar surface area (TPSA) is 69.6 Å². The number of fused-ring (bicyclic) bond motifs is 1. The number of nitrogens with zero attached hydrogens (tertiary/aromatic N) is 1. The molecule has 0 atom stereocenters. The van der Waals surface area contributed by atoms with Gasteiger partial charge in [0.05, 0.1) is 19.8 Å². The molecule has 1 amide bonds. The van der Waals surface area contributed by atoms with Crippen molar-refractivity contribution in [2.75, 3.05) is 14.2 Å². The van der Waals surface area contributed by atoms with E-state index >= 15 is 0 Å². The highest BCUT2D eigenvalue weighted by Crippen LogP contribution is 2.28. The third kappa shape index (κ3) is 3.81. The average molecular weight is 404 g/mol.